The van der Waals surface area contributed by atoms with Crippen molar-refractivity contribution in [3.05, 3.63) is 142 Å². The van der Waals surface area contributed by atoms with Gasteiger partial charge in [-0.1, -0.05) is 84.9 Å². The lowest BCUT2D eigenvalue weighted by molar-refractivity contribution is -0.138. The number of nitriles is 2. The normalized spacial score (nSPS) is 12.7. The molecule has 0 saturated heterocycles. The highest BCUT2D eigenvalue weighted by atomic mass is 19.4. The smallest absolute Gasteiger partial charge is 0.192 e. The number of alkyl halides is 6. The maximum absolute atomic E-state index is 12.8. The van der Waals surface area contributed by atoms with Gasteiger partial charge in [0.05, 0.1) is 34.4 Å². The van der Waals surface area contributed by atoms with Gasteiger partial charge in [-0.25, -0.2) is 0 Å². The van der Waals surface area contributed by atoms with Crippen LogP contribution in [-0.4, -0.2) is 0 Å². The van der Waals surface area contributed by atoms with Gasteiger partial charge in [-0.3, -0.25) is 0 Å². The number of nitrogens with zero attached hydrogens (tertiary/aromatic N) is 2. The first-order valence-corrected chi connectivity index (χ1v) is 12.4. The molecule has 0 atom stereocenters. The van der Waals surface area contributed by atoms with Gasteiger partial charge < -0.3 is 0 Å². The third-order valence-electron chi connectivity index (χ3n) is 6.25. The van der Waals surface area contributed by atoms with Crippen LogP contribution in [0.5, 0.6) is 0 Å². The monoisotopic (exact) mass is 570 g/mol. The van der Waals surface area contributed by atoms with E-state index in [0.29, 0.717) is 22.3 Å². The van der Waals surface area contributed by atoms with Crippen molar-refractivity contribution in [2.45, 2.75) is 12.4 Å². The van der Waals surface area contributed by atoms with Gasteiger partial charge in [0.1, 0.15) is 0 Å². The molecule has 0 fully saturated rings. The lowest BCUT2D eigenvalue weighted by Gasteiger charge is -2.07. The summed E-state index contributed by atoms with van der Waals surface area (Å²) in [6.45, 7) is 0. The van der Waals surface area contributed by atoms with Crippen molar-refractivity contribution >= 4 is 35.5 Å². The molecule has 208 valence electrons. The van der Waals surface area contributed by atoms with Crippen LogP contribution < -0.4 is 0 Å². The molecule has 0 bridgehead atoms. The van der Waals surface area contributed by atoms with E-state index in [0.717, 1.165) is 35.4 Å². The fourth-order valence-corrected chi connectivity index (χ4v) is 3.97. The number of rotatable bonds is 6. The van der Waals surface area contributed by atoms with Crippen molar-refractivity contribution in [3.8, 4) is 12.1 Å². The summed E-state index contributed by atoms with van der Waals surface area (Å²) in [5, 5.41) is 19.0. The lowest BCUT2D eigenvalue weighted by atomic mass is 10.0. The SMILES string of the molecule is N#C/C(=C\c1ccc(/C=C/c2ccc(/C=C(\C#N)c3ccc(C(F)(F)F)cc3)cc2)cc1)c1ccc(C(F)(F)F)cc1. The molecule has 0 aliphatic rings. The molecule has 0 spiro atoms. The maximum atomic E-state index is 12.8. The zero-order valence-corrected chi connectivity index (χ0v) is 21.7. The number of hydrogen-bond donors (Lipinski definition) is 0. The van der Waals surface area contributed by atoms with Crippen LogP contribution in [0.4, 0.5) is 26.3 Å². The number of benzene rings is 4. The van der Waals surface area contributed by atoms with Gasteiger partial charge >= 0.3 is 12.4 Å². The summed E-state index contributed by atoms with van der Waals surface area (Å²) in [6.07, 6.45) is -1.94. The summed E-state index contributed by atoms with van der Waals surface area (Å²) in [7, 11) is 0. The molecule has 8 heteroatoms. The molecule has 0 aliphatic carbocycles. The highest BCUT2D eigenvalue weighted by Gasteiger charge is 2.30. The van der Waals surface area contributed by atoms with Gasteiger partial charge in [0.25, 0.3) is 0 Å². The first-order chi connectivity index (χ1) is 20.0. The summed E-state index contributed by atoms with van der Waals surface area (Å²) >= 11 is 0. The van der Waals surface area contributed by atoms with Crippen molar-refractivity contribution in [1.82, 2.24) is 0 Å². The second-order valence-corrected chi connectivity index (χ2v) is 9.16. The fourth-order valence-electron chi connectivity index (χ4n) is 3.97. The van der Waals surface area contributed by atoms with Crippen molar-refractivity contribution < 1.29 is 26.3 Å². The minimum absolute atomic E-state index is 0.235. The first kappa shape index (κ1) is 29.6. The Morgan fingerprint density at radius 3 is 1.00 bits per heavy atom. The van der Waals surface area contributed by atoms with Gasteiger partial charge in [0, 0.05) is 0 Å². The standard InChI is InChI=1S/C34H20F6N2/c35-33(36,37)31-15-11-27(12-16-31)29(21-41)19-25-7-3-23(4-8-25)1-2-24-5-9-26(10-6-24)20-30(22-42)28-13-17-32(18-14-28)34(38,39)40/h1-20H/b2-1+,29-19+,30-20+. The highest BCUT2D eigenvalue weighted by molar-refractivity contribution is 5.90. The van der Waals surface area contributed by atoms with Crippen LogP contribution in [0.15, 0.2) is 97.1 Å². The number of hydrogen-bond acceptors (Lipinski definition) is 2. The van der Waals surface area contributed by atoms with Crippen LogP contribution >= 0.6 is 0 Å². The van der Waals surface area contributed by atoms with Crippen molar-refractivity contribution in [3.63, 3.8) is 0 Å². The van der Waals surface area contributed by atoms with Crippen molar-refractivity contribution in [2.24, 2.45) is 0 Å². The Kier molecular flexibility index (Phi) is 8.79. The summed E-state index contributed by atoms with van der Waals surface area (Å²) in [4.78, 5) is 0. The van der Waals surface area contributed by atoms with E-state index in [1.54, 1.807) is 36.4 Å². The lowest BCUT2D eigenvalue weighted by Crippen LogP contribution is -2.04. The van der Waals surface area contributed by atoms with E-state index < -0.39 is 23.5 Å². The molecule has 4 aromatic rings. The van der Waals surface area contributed by atoms with E-state index in [1.807, 2.05) is 48.6 Å². The Bertz CT molecular complexity index is 1580. The predicted molar refractivity (Wildman–Crippen MR) is 152 cm³/mol. The summed E-state index contributed by atoms with van der Waals surface area (Å²) in [5.74, 6) is 0. The molecule has 0 heterocycles. The average Bonchev–Trinajstić information content (AvgIpc) is 2.98. The minimum Gasteiger partial charge on any atom is -0.192 e. The van der Waals surface area contributed by atoms with E-state index >= 15 is 0 Å². The molecule has 0 amide bonds. The quantitative estimate of drug-likeness (QED) is 0.132. The zero-order valence-electron chi connectivity index (χ0n) is 21.7. The van der Waals surface area contributed by atoms with Gasteiger partial charge in [-0.05, 0) is 69.8 Å². The molecule has 0 unspecified atom stereocenters. The average molecular weight is 571 g/mol. The highest BCUT2D eigenvalue weighted by Crippen LogP contribution is 2.31. The number of halogens is 6. The largest absolute Gasteiger partial charge is 0.416 e. The molecule has 4 rings (SSSR count). The Balaban J connectivity index is 1.43. The third-order valence-corrected chi connectivity index (χ3v) is 6.25. The number of allylic oxidation sites excluding steroid dienone is 2. The molecular formula is C34H20F6N2. The van der Waals surface area contributed by atoms with E-state index in [2.05, 4.69) is 0 Å². The zero-order chi connectivity index (χ0) is 30.3. The van der Waals surface area contributed by atoms with Crippen LogP contribution in [-0.2, 0) is 12.4 Å². The molecule has 42 heavy (non-hydrogen) atoms. The first-order valence-electron chi connectivity index (χ1n) is 12.4. The molecule has 0 saturated carbocycles. The van der Waals surface area contributed by atoms with Crippen LogP contribution in [0.1, 0.15) is 44.5 Å². The Morgan fingerprint density at radius 1 is 0.452 bits per heavy atom. The predicted octanol–water partition coefficient (Wildman–Crippen LogP) is 10.0. The molecular weight excluding hydrogens is 550 g/mol. The van der Waals surface area contributed by atoms with Crippen LogP contribution in [0.3, 0.4) is 0 Å². The van der Waals surface area contributed by atoms with Gasteiger partial charge in [0.2, 0.25) is 0 Å². The van der Waals surface area contributed by atoms with Crippen LogP contribution in [0.25, 0.3) is 35.5 Å². The van der Waals surface area contributed by atoms with Crippen molar-refractivity contribution in [2.75, 3.05) is 0 Å². The maximum Gasteiger partial charge on any atom is 0.416 e. The molecule has 0 aromatic heterocycles. The molecule has 0 N–H and O–H groups in total. The molecule has 4 aromatic carbocycles. The van der Waals surface area contributed by atoms with Gasteiger partial charge in [-0.15, -0.1) is 0 Å². The summed E-state index contributed by atoms with van der Waals surface area (Å²) < 4.78 is 76.8. The van der Waals surface area contributed by atoms with E-state index in [4.69, 9.17) is 0 Å². The van der Waals surface area contributed by atoms with E-state index in [1.165, 1.54) is 24.3 Å². The molecule has 0 radical (unpaired) electrons. The van der Waals surface area contributed by atoms with E-state index in [9.17, 15) is 36.9 Å². The Labute approximate surface area is 238 Å². The topological polar surface area (TPSA) is 47.6 Å². The van der Waals surface area contributed by atoms with Crippen LogP contribution in [0.2, 0.25) is 0 Å². The Hall–Kier alpha value is -5.34. The van der Waals surface area contributed by atoms with Gasteiger partial charge in [0.15, 0.2) is 0 Å². The molecule has 2 nitrogen and oxygen atoms in total. The molecule has 0 aliphatic heterocycles. The fraction of sp³-hybridized carbons (Fsp3) is 0.0588. The van der Waals surface area contributed by atoms with E-state index in [-0.39, 0.29) is 11.1 Å². The van der Waals surface area contributed by atoms with Crippen LogP contribution in [0, 0.1) is 22.7 Å². The second-order valence-electron chi connectivity index (χ2n) is 9.16. The van der Waals surface area contributed by atoms with Gasteiger partial charge in [-0.2, -0.15) is 36.9 Å². The minimum atomic E-state index is -4.45. The second kappa shape index (κ2) is 12.4. The summed E-state index contributed by atoms with van der Waals surface area (Å²) in [5.41, 5.74) is 2.84. The summed E-state index contributed by atoms with van der Waals surface area (Å²) in [6, 6.07) is 27.4. The Morgan fingerprint density at radius 2 is 0.738 bits per heavy atom. The third kappa shape index (κ3) is 7.65. The van der Waals surface area contributed by atoms with Crippen molar-refractivity contribution in [1.29, 1.82) is 10.5 Å².